The lowest BCUT2D eigenvalue weighted by molar-refractivity contribution is 0.0765. The first-order chi connectivity index (χ1) is 6.74. The van der Waals surface area contributed by atoms with Gasteiger partial charge >= 0.3 is 0 Å². The first-order valence-electron chi connectivity index (χ1n) is 4.96. The van der Waals surface area contributed by atoms with E-state index in [-0.39, 0.29) is 5.91 Å². The van der Waals surface area contributed by atoms with E-state index in [1.54, 1.807) is 13.0 Å². The van der Waals surface area contributed by atoms with E-state index in [1.807, 2.05) is 4.90 Å². The quantitative estimate of drug-likeness (QED) is 0.668. The van der Waals surface area contributed by atoms with Gasteiger partial charge in [0, 0.05) is 19.2 Å². The van der Waals surface area contributed by atoms with E-state index >= 15 is 0 Å². The molecule has 1 saturated carbocycles. The fourth-order valence-electron chi connectivity index (χ4n) is 2.19. The number of piperidine rings is 1. The van der Waals surface area contributed by atoms with Gasteiger partial charge in [-0.15, -0.1) is 0 Å². The summed E-state index contributed by atoms with van der Waals surface area (Å²) in [6.07, 6.45) is 1.31. The minimum atomic E-state index is 0.0223. The van der Waals surface area contributed by atoms with Crippen LogP contribution in [0.15, 0.2) is 10.6 Å². The van der Waals surface area contributed by atoms with Gasteiger partial charge in [-0.3, -0.25) is 4.79 Å². The molecule has 0 radical (unpaired) electrons. The molecule has 0 N–H and O–H groups in total. The fourth-order valence-corrected chi connectivity index (χ4v) is 2.19. The second-order valence-corrected chi connectivity index (χ2v) is 4.29. The summed E-state index contributed by atoms with van der Waals surface area (Å²) >= 11 is 0. The zero-order valence-electron chi connectivity index (χ0n) is 8.06. The van der Waals surface area contributed by atoms with Crippen LogP contribution in [0.25, 0.3) is 0 Å². The lowest BCUT2D eigenvalue weighted by Crippen LogP contribution is -2.30. The van der Waals surface area contributed by atoms with Crippen molar-refractivity contribution in [2.24, 2.45) is 11.8 Å². The summed E-state index contributed by atoms with van der Waals surface area (Å²) in [5.41, 5.74) is 0.448. The second kappa shape index (κ2) is 2.59. The molecule has 0 aromatic carbocycles. The second-order valence-electron chi connectivity index (χ2n) is 4.29. The lowest BCUT2D eigenvalue weighted by atomic mass is 10.3. The third-order valence-electron chi connectivity index (χ3n) is 3.11. The maximum atomic E-state index is 11.8. The Bertz CT molecular complexity index is 375. The molecular formula is C10H12N2O2. The van der Waals surface area contributed by atoms with Gasteiger partial charge in [0.2, 0.25) is 0 Å². The molecule has 2 atom stereocenters. The van der Waals surface area contributed by atoms with Crippen LogP contribution in [0.5, 0.6) is 0 Å². The summed E-state index contributed by atoms with van der Waals surface area (Å²) in [7, 11) is 0. The van der Waals surface area contributed by atoms with Crippen molar-refractivity contribution in [2.75, 3.05) is 13.1 Å². The Labute approximate surface area is 81.9 Å². The maximum Gasteiger partial charge on any atom is 0.276 e. The molecule has 1 saturated heterocycles. The zero-order valence-corrected chi connectivity index (χ0v) is 8.06. The van der Waals surface area contributed by atoms with Crippen molar-refractivity contribution in [3.63, 3.8) is 0 Å². The van der Waals surface area contributed by atoms with Gasteiger partial charge in [0.05, 0.1) is 0 Å². The average molecular weight is 192 g/mol. The SMILES string of the molecule is Cc1cc(C(=O)N2CC3CC3C2)no1. The molecule has 2 unspecified atom stereocenters. The van der Waals surface area contributed by atoms with Crippen LogP contribution in [-0.2, 0) is 0 Å². The Morgan fingerprint density at radius 1 is 1.57 bits per heavy atom. The molecule has 1 aromatic rings. The molecule has 1 aliphatic carbocycles. The standard InChI is InChI=1S/C10H12N2O2/c1-6-2-9(11-14-6)10(13)12-4-7-3-8(7)5-12/h2,7-8H,3-5H2,1H3. The maximum absolute atomic E-state index is 11.8. The third-order valence-corrected chi connectivity index (χ3v) is 3.11. The van der Waals surface area contributed by atoms with Crippen LogP contribution >= 0.6 is 0 Å². The van der Waals surface area contributed by atoms with Gasteiger partial charge in [-0.2, -0.15) is 0 Å². The van der Waals surface area contributed by atoms with Gasteiger partial charge in [-0.05, 0) is 25.2 Å². The minimum absolute atomic E-state index is 0.0223. The lowest BCUT2D eigenvalue weighted by Gasteiger charge is -2.15. The normalized spacial score (nSPS) is 29.1. The molecule has 4 nitrogen and oxygen atoms in total. The van der Waals surface area contributed by atoms with Crippen LogP contribution in [0.3, 0.4) is 0 Å². The highest BCUT2D eigenvalue weighted by Gasteiger charge is 2.46. The van der Waals surface area contributed by atoms with Crippen LogP contribution in [0.4, 0.5) is 0 Å². The summed E-state index contributed by atoms with van der Waals surface area (Å²) in [4.78, 5) is 13.7. The predicted octanol–water partition coefficient (Wildman–Crippen LogP) is 1.07. The van der Waals surface area contributed by atoms with Gasteiger partial charge in [0.25, 0.3) is 5.91 Å². The van der Waals surface area contributed by atoms with Gasteiger partial charge in [-0.25, -0.2) is 0 Å². The van der Waals surface area contributed by atoms with Crippen molar-refractivity contribution in [1.82, 2.24) is 10.1 Å². The highest BCUT2D eigenvalue weighted by Crippen LogP contribution is 2.45. The van der Waals surface area contributed by atoms with E-state index in [0.717, 1.165) is 24.9 Å². The number of aryl methyl sites for hydroxylation is 1. The number of fused-ring (bicyclic) bond motifs is 1. The topological polar surface area (TPSA) is 46.3 Å². The number of amides is 1. The van der Waals surface area contributed by atoms with Crippen molar-refractivity contribution < 1.29 is 9.32 Å². The van der Waals surface area contributed by atoms with E-state index in [9.17, 15) is 4.79 Å². The van der Waals surface area contributed by atoms with Crippen LogP contribution in [0, 0.1) is 18.8 Å². The van der Waals surface area contributed by atoms with E-state index in [4.69, 9.17) is 4.52 Å². The molecule has 3 rings (SSSR count). The molecular weight excluding hydrogens is 180 g/mol. The van der Waals surface area contributed by atoms with Gasteiger partial charge in [0.15, 0.2) is 5.69 Å². The van der Waals surface area contributed by atoms with Crippen molar-refractivity contribution in [3.8, 4) is 0 Å². The Kier molecular flexibility index (Phi) is 1.48. The number of hydrogen-bond donors (Lipinski definition) is 0. The van der Waals surface area contributed by atoms with Gasteiger partial charge < -0.3 is 9.42 Å². The Hall–Kier alpha value is -1.32. The first-order valence-corrected chi connectivity index (χ1v) is 4.96. The number of carbonyl (C=O) groups is 1. The molecule has 74 valence electrons. The molecule has 2 heterocycles. The van der Waals surface area contributed by atoms with Crippen molar-refractivity contribution >= 4 is 5.91 Å². The van der Waals surface area contributed by atoms with Gasteiger partial charge in [-0.1, -0.05) is 5.16 Å². The van der Waals surface area contributed by atoms with Crippen LogP contribution in [0.1, 0.15) is 22.7 Å². The number of hydrogen-bond acceptors (Lipinski definition) is 3. The molecule has 4 heteroatoms. The summed E-state index contributed by atoms with van der Waals surface area (Å²) < 4.78 is 4.89. The van der Waals surface area contributed by atoms with E-state index in [2.05, 4.69) is 5.16 Å². The molecule has 2 fully saturated rings. The summed E-state index contributed by atoms with van der Waals surface area (Å²) in [6, 6.07) is 1.70. The van der Waals surface area contributed by atoms with E-state index < -0.39 is 0 Å². The molecule has 2 aliphatic rings. The largest absolute Gasteiger partial charge is 0.361 e. The van der Waals surface area contributed by atoms with Crippen LogP contribution < -0.4 is 0 Å². The zero-order chi connectivity index (χ0) is 9.71. The summed E-state index contributed by atoms with van der Waals surface area (Å²) in [6.45, 7) is 3.62. The number of carbonyl (C=O) groups excluding carboxylic acids is 1. The number of likely N-dealkylation sites (tertiary alicyclic amines) is 1. The molecule has 14 heavy (non-hydrogen) atoms. The monoisotopic (exact) mass is 192 g/mol. The number of rotatable bonds is 1. The smallest absolute Gasteiger partial charge is 0.276 e. The third kappa shape index (κ3) is 1.14. The van der Waals surface area contributed by atoms with E-state index in [0.29, 0.717) is 11.5 Å². The highest BCUT2D eigenvalue weighted by molar-refractivity contribution is 5.92. The molecule has 0 bridgehead atoms. The molecule has 1 aromatic heterocycles. The van der Waals surface area contributed by atoms with Crippen molar-refractivity contribution in [1.29, 1.82) is 0 Å². The van der Waals surface area contributed by atoms with E-state index in [1.165, 1.54) is 6.42 Å². The number of nitrogens with zero attached hydrogens (tertiary/aromatic N) is 2. The average Bonchev–Trinajstić information content (AvgIpc) is 2.64. The van der Waals surface area contributed by atoms with Crippen LogP contribution in [0.2, 0.25) is 0 Å². The summed E-state index contributed by atoms with van der Waals surface area (Å²) in [5, 5.41) is 3.73. The van der Waals surface area contributed by atoms with Crippen LogP contribution in [-0.4, -0.2) is 29.1 Å². The summed E-state index contributed by atoms with van der Waals surface area (Å²) in [5.74, 6) is 2.26. The van der Waals surface area contributed by atoms with Gasteiger partial charge in [0.1, 0.15) is 5.76 Å². The molecule has 1 amide bonds. The van der Waals surface area contributed by atoms with Crippen molar-refractivity contribution in [2.45, 2.75) is 13.3 Å². The Balaban J connectivity index is 1.76. The molecule has 1 aliphatic heterocycles. The van der Waals surface area contributed by atoms with Crippen molar-refractivity contribution in [3.05, 3.63) is 17.5 Å². The number of aromatic nitrogens is 1. The predicted molar refractivity (Wildman–Crippen MR) is 48.7 cm³/mol. The molecule has 0 spiro atoms. The Morgan fingerprint density at radius 3 is 2.86 bits per heavy atom. The Morgan fingerprint density at radius 2 is 2.29 bits per heavy atom. The highest BCUT2D eigenvalue weighted by atomic mass is 16.5. The minimum Gasteiger partial charge on any atom is -0.361 e. The fraction of sp³-hybridized carbons (Fsp3) is 0.600. The first kappa shape index (κ1) is 8.03.